The molecule has 2 heterocycles. The summed E-state index contributed by atoms with van der Waals surface area (Å²) in [5.41, 5.74) is 5.53. The molecule has 0 atom stereocenters. The topological polar surface area (TPSA) is 72.3 Å². The first kappa shape index (κ1) is 20.3. The Balaban J connectivity index is 1.31. The minimum absolute atomic E-state index is 0.108. The molecule has 160 valence electrons. The van der Waals surface area contributed by atoms with Crippen LogP contribution in [0.25, 0.3) is 0 Å². The highest BCUT2D eigenvalue weighted by molar-refractivity contribution is 8.14. The Morgan fingerprint density at radius 2 is 1.72 bits per heavy atom. The first-order valence-electron chi connectivity index (χ1n) is 10.3. The van der Waals surface area contributed by atoms with E-state index in [1.165, 1.54) is 17.3 Å². The highest BCUT2D eigenvalue weighted by Crippen LogP contribution is 2.35. The second kappa shape index (κ2) is 8.88. The molecule has 0 aliphatic carbocycles. The summed E-state index contributed by atoms with van der Waals surface area (Å²) in [6.07, 6.45) is 0.569. The molecule has 2 aliphatic rings. The molecule has 1 amide bonds. The van der Waals surface area contributed by atoms with Gasteiger partial charge in [-0.05, 0) is 36.8 Å². The van der Waals surface area contributed by atoms with Crippen molar-refractivity contribution in [3.8, 4) is 11.5 Å². The maximum absolute atomic E-state index is 12.6. The number of aryl methyl sites for hydroxylation is 1. The molecule has 7 heteroatoms. The van der Waals surface area contributed by atoms with Gasteiger partial charge in [0.1, 0.15) is 0 Å². The molecule has 0 spiro atoms. The van der Waals surface area contributed by atoms with Gasteiger partial charge in [0.2, 0.25) is 12.7 Å². The third kappa shape index (κ3) is 4.53. The number of benzene rings is 3. The maximum Gasteiger partial charge on any atom is 0.234 e. The van der Waals surface area contributed by atoms with Crippen LogP contribution >= 0.6 is 11.8 Å². The molecule has 0 unspecified atom stereocenters. The molecule has 3 aromatic rings. The molecule has 0 radical (unpaired) electrons. The van der Waals surface area contributed by atoms with Crippen LogP contribution in [0.3, 0.4) is 0 Å². The van der Waals surface area contributed by atoms with Crippen LogP contribution in [0, 0.1) is 6.92 Å². The van der Waals surface area contributed by atoms with Gasteiger partial charge in [0, 0.05) is 18.2 Å². The number of rotatable bonds is 4. The highest BCUT2D eigenvalue weighted by atomic mass is 32.2. The minimum Gasteiger partial charge on any atom is -0.454 e. The molecule has 0 bridgehead atoms. The second-order valence-electron chi connectivity index (χ2n) is 7.50. The largest absolute Gasteiger partial charge is 0.454 e. The summed E-state index contributed by atoms with van der Waals surface area (Å²) < 4.78 is 10.7. The molecule has 0 saturated carbocycles. The summed E-state index contributed by atoms with van der Waals surface area (Å²) in [6, 6.07) is 21.5. The zero-order chi connectivity index (χ0) is 21.9. The molecule has 3 aromatic carbocycles. The molecule has 0 aromatic heterocycles. The van der Waals surface area contributed by atoms with E-state index >= 15 is 0 Å². The monoisotopic (exact) mass is 443 g/mol. The lowest BCUT2D eigenvalue weighted by Gasteiger charge is -2.09. The van der Waals surface area contributed by atoms with Gasteiger partial charge in [-0.1, -0.05) is 42.0 Å². The third-order valence-electron chi connectivity index (χ3n) is 5.11. The van der Waals surface area contributed by atoms with Crippen molar-refractivity contribution in [3.05, 3.63) is 77.9 Å². The molecule has 1 N–H and O–H groups in total. The lowest BCUT2D eigenvalue weighted by atomic mass is 10.1. The normalized spacial score (nSPS) is 14.2. The van der Waals surface area contributed by atoms with Crippen LogP contribution in [0.5, 0.6) is 11.5 Å². The number of nitrogens with zero attached hydrogens (tertiary/aromatic N) is 2. The van der Waals surface area contributed by atoms with Gasteiger partial charge >= 0.3 is 0 Å². The number of thioether (sulfide) groups is 1. The van der Waals surface area contributed by atoms with E-state index in [0.29, 0.717) is 23.6 Å². The van der Waals surface area contributed by atoms with Gasteiger partial charge in [0.15, 0.2) is 11.5 Å². The highest BCUT2D eigenvalue weighted by Gasteiger charge is 2.18. The zero-order valence-corrected chi connectivity index (χ0v) is 18.3. The van der Waals surface area contributed by atoms with Crippen LogP contribution in [0.1, 0.15) is 17.5 Å². The van der Waals surface area contributed by atoms with Crippen molar-refractivity contribution >= 4 is 45.5 Å². The van der Waals surface area contributed by atoms with E-state index in [0.717, 1.165) is 27.7 Å². The van der Waals surface area contributed by atoms with E-state index < -0.39 is 0 Å². The van der Waals surface area contributed by atoms with Crippen molar-refractivity contribution < 1.29 is 14.3 Å². The average molecular weight is 444 g/mol. The molecule has 5 rings (SSSR count). The van der Waals surface area contributed by atoms with Crippen molar-refractivity contribution in [2.45, 2.75) is 13.3 Å². The van der Waals surface area contributed by atoms with Crippen molar-refractivity contribution in [2.75, 3.05) is 17.9 Å². The van der Waals surface area contributed by atoms with Gasteiger partial charge < -0.3 is 14.8 Å². The van der Waals surface area contributed by atoms with E-state index in [4.69, 9.17) is 19.5 Å². The fourth-order valence-corrected chi connectivity index (χ4v) is 4.24. The number of hydrogen-bond donors (Lipinski definition) is 1. The zero-order valence-electron chi connectivity index (χ0n) is 17.5. The lowest BCUT2D eigenvalue weighted by molar-refractivity contribution is -0.113. The summed E-state index contributed by atoms with van der Waals surface area (Å²) in [5.74, 6) is 1.46. The van der Waals surface area contributed by atoms with Crippen LogP contribution in [0.2, 0.25) is 0 Å². The van der Waals surface area contributed by atoms with E-state index in [1.54, 1.807) is 18.2 Å². The van der Waals surface area contributed by atoms with Gasteiger partial charge in [-0.3, -0.25) is 9.79 Å². The fourth-order valence-electron chi connectivity index (χ4n) is 3.47. The van der Waals surface area contributed by atoms with Crippen LogP contribution in [0.4, 0.5) is 17.1 Å². The van der Waals surface area contributed by atoms with Gasteiger partial charge in [0.05, 0.1) is 27.9 Å². The number of ether oxygens (including phenoxy) is 2. The smallest absolute Gasteiger partial charge is 0.234 e. The molecular formula is C25H21N3O3S. The van der Waals surface area contributed by atoms with Gasteiger partial charge in [-0.15, -0.1) is 11.8 Å². The number of amides is 1. The minimum atomic E-state index is -0.108. The number of anilines is 1. The number of carbonyl (C=O) groups excluding carboxylic acids is 1. The van der Waals surface area contributed by atoms with E-state index in [-0.39, 0.29) is 18.5 Å². The Morgan fingerprint density at radius 3 is 2.53 bits per heavy atom. The SMILES string of the molecule is Cc1ccc(C2=Nc3ccccc3N=C(SCC(=O)Nc3ccc4c(c3)OCO4)C2)cc1. The van der Waals surface area contributed by atoms with Crippen molar-refractivity contribution in [2.24, 2.45) is 9.98 Å². The van der Waals surface area contributed by atoms with Crippen LogP contribution < -0.4 is 14.8 Å². The Labute approximate surface area is 190 Å². The Kier molecular flexibility index (Phi) is 5.64. The van der Waals surface area contributed by atoms with Crippen molar-refractivity contribution in [1.82, 2.24) is 0 Å². The molecular weight excluding hydrogens is 422 g/mol. The number of para-hydroxylation sites is 2. The van der Waals surface area contributed by atoms with Crippen LogP contribution in [-0.2, 0) is 4.79 Å². The molecule has 0 saturated heterocycles. The summed E-state index contributed by atoms with van der Waals surface area (Å²) in [7, 11) is 0. The summed E-state index contributed by atoms with van der Waals surface area (Å²) in [6.45, 7) is 2.27. The van der Waals surface area contributed by atoms with E-state index in [1.807, 2.05) is 24.3 Å². The number of hydrogen-bond acceptors (Lipinski definition) is 6. The molecule has 2 aliphatic heterocycles. The first-order chi connectivity index (χ1) is 15.6. The first-order valence-corrected chi connectivity index (χ1v) is 11.3. The fraction of sp³-hybridized carbons (Fsp3) is 0.160. The second-order valence-corrected chi connectivity index (χ2v) is 8.55. The van der Waals surface area contributed by atoms with E-state index in [2.05, 4.69) is 36.5 Å². The van der Waals surface area contributed by atoms with Gasteiger partial charge in [0.25, 0.3) is 0 Å². The van der Waals surface area contributed by atoms with Gasteiger partial charge in [-0.25, -0.2) is 4.99 Å². The Morgan fingerprint density at radius 1 is 0.969 bits per heavy atom. The molecule has 32 heavy (non-hydrogen) atoms. The maximum atomic E-state index is 12.6. The van der Waals surface area contributed by atoms with Crippen LogP contribution in [0.15, 0.2) is 76.7 Å². The predicted octanol–water partition coefficient (Wildman–Crippen LogP) is 5.65. The predicted molar refractivity (Wildman–Crippen MR) is 129 cm³/mol. The Bertz CT molecular complexity index is 1240. The number of fused-ring (bicyclic) bond motifs is 2. The van der Waals surface area contributed by atoms with Crippen LogP contribution in [-0.4, -0.2) is 29.2 Å². The number of aliphatic imine (C=N–C) groups is 2. The third-order valence-corrected chi connectivity index (χ3v) is 6.09. The summed E-state index contributed by atoms with van der Waals surface area (Å²) in [5, 5.41) is 3.77. The molecule has 0 fully saturated rings. The number of nitrogens with one attached hydrogen (secondary N) is 1. The van der Waals surface area contributed by atoms with Crippen molar-refractivity contribution in [1.29, 1.82) is 0 Å². The number of carbonyl (C=O) groups is 1. The summed E-state index contributed by atoms with van der Waals surface area (Å²) in [4.78, 5) is 22.3. The standard InChI is InChI=1S/C25H21N3O3S/c1-16-6-8-17(9-7-16)21-13-25(28-20-5-3-2-4-19(20)27-21)32-14-24(29)26-18-10-11-22-23(12-18)31-15-30-22/h2-12H,13-15H2,1H3,(H,26,29). The van der Waals surface area contributed by atoms with Crippen molar-refractivity contribution in [3.63, 3.8) is 0 Å². The Hall–Kier alpha value is -3.58. The molecule has 6 nitrogen and oxygen atoms in total. The summed E-state index contributed by atoms with van der Waals surface area (Å²) >= 11 is 1.43. The average Bonchev–Trinajstić information content (AvgIpc) is 3.18. The van der Waals surface area contributed by atoms with E-state index in [9.17, 15) is 4.79 Å². The van der Waals surface area contributed by atoms with Gasteiger partial charge in [-0.2, -0.15) is 0 Å². The lowest BCUT2D eigenvalue weighted by Crippen LogP contribution is -2.16. The quantitative estimate of drug-likeness (QED) is 0.566.